The maximum absolute atomic E-state index is 13.3. The molecule has 1 aliphatic carbocycles. The van der Waals surface area contributed by atoms with Crippen LogP contribution >= 0.6 is 0 Å². The Bertz CT molecular complexity index is 1060. The molecule has 2 aromatic carbocycles. The van der Waals surface area contributed by atoms with Crippen molar-refractivity contribution in [1.29, 1.82) is 0 Å². The Kier molecular flexibility index (Phi) is 7.40. The zero-order valence-corrected chi connectivity index (χ0v) is 20.3. The maximum Gasteiger partial charge on any atom is 0.407 e. The van der Waals surface area contributed by atoms with Crippen LogP contribution in [0.2, 0.25) is 0 Å². The number of hydrogen-bond acceptors (Lipinski definition) is 5. The molecule has 0 radical (unpaired) electrons. The first-order chi connectivity index (χ1) is 16.8. The lowest BCUT2D eigenvalue weighted by atomic mass is 9.96. The van der Waals surface area contributed by atoms with E-state index in [2.05, 4.69) is 17.4 Å². The van der Waals surface area contributed by atoms with Crippen molar-refractivity contribution in [3.63, 3.8) is 0 Å². The quantitative estimate of drug-likeness (QED) is 0.599. The molecule has 2 aliphatic rings. The van der Waals surface area contributed by atoms with E-state index in [1.54, 1.807) is 7.05 Å². The van der Waals surface area contributed by atoms with Gasteiger partial charge >= 0.3 is 12.1 Å². The van der Waals surface area contributed by atoms with E-state index >= 15 is 0 Å². The van der Waals surface area contributed by atoms with E-state index in [-0.39, 0.29) is 37.6 Å². The molecule has 1 saturated heterocycles. The zero-order valence-electron chi connectivity index (χ0n) is 20.3. The molecular formula is C27H32N2O6. The Morgan fingerprint density at radius 2 is 1.69 bits per heavy atom. The first-order valence-corrected chi connectivity index (χ1v) is 12.0. The fraction of sp³-hybridized carbons (Fsp3) is 0.444. The van der Waals surface area contributed by atoms with Crippen LogP contribution in [0.4, 0.5) is 4.79 Å². The maximum atomic E-state index is 13.3. The predicted octanol–water partition coefficient (Wildman–Crippen LogP) is 3.50. The van der Waals surface area contributed by atoms with Crippen LogP contribution in [0.5, 0.6) is 0 Å². The summed E-state index contributed by atoms with van der Waals surface area (Å²) in [5.41, 5.74) is 4.49. The van der Waals surface area contributed by atoms with Gasteiger partial charge < -0.3 is 24.8 Å². The van der Waals surface area contributed by atoms with Gasteiger partial charge in [0.2, 0.25) is 5.91 Å². The number of carbonyl (C=O) groups excluding carboxylic acids is 2. The molecule has 1 fully saturated rings. The van der Waals surface area contributed by atoms with E-state index in [9.17, 15) is 19.5 Å². The molecule has 0 spiro atoms. The summed E-state index contributed by atoms with van der Waals surface area (Å²) in [4.78, 5) is 39.1. The van der Waals surface area contributed by atoms with Crippen LogP contribution in [-0.4, -0.2) is 66.9 Å². The van der Waals surface area contributed by atoms with Crippen molar-refractivity contribution < 1.29 is 29.0 Å². The largest absolute Gasteiger partial charge is 0.481 e. The molecule has 2 amide bonds. The summed E-state index contributed by atoms with van der Waals surface area (Å²) >= 11 is 0. The minimum atomic E-state index is -1.00. The van der Waals surface area contributed by atoms with E-state index in [1.807, 2.05) is 50.2 Å². The first kappa shape index (κ1) is 24.7. The normalized spacial score (nSPS) is 20.4. The Hall–Kier alpha value is -3.39. The Labute approximate surface area is 205 Å². The van der Waals surface area contributed by atoms with Gasteiger partial charge in [0.1, 0.15) is 18.6 Å². The van der Waals surface area contributed by atoms with Gasteiger partial charge in [-0.2, -0.15) is 0 Å². The topological polar surface area (TPSA) is 105 Å². The molecule has 4 atom stereocenters. The number of carboxylic acid groups (broad SMARTS) is 1. The number of ether oxygens (including phenoxy) is 2. The van der Waals surface area contributed by atoms with Gasteiger partial charge in [0.25, 0.3) is 0 Å². The number of carbonyl (C=O) groups is 3. The number of aliphatic carboxylic acids is 1. The molecule has 0 saturated carbocycles. The van der Waals surface area contributed by atoms with Crippen molar-refractivity contribution >= 4 is 18.0 Å². The van der Waals surface area contributed by atoms with Crippen molar-refractivity contribution in [3.05, 3.63) is 59.7 Å². The summed E-state index contributed by atoms with van der Waals surface area (Å²) in [6.45, 7) is 4.17. The minimum absolute atomic E-state index is 0.0609. The first-order valence-electron chi connectivity index (χ1n) is 12.0. The van der Waals surface area contributed by atoms with E-state index in [0.29, 0.717) is 6.42 Å². The average molecular weight is 481 g/mol. The Morgan fingerprint density at radius 1 is 1.09 bits per heavy atom. The van der Waals surface area contributed by atoms with Gasteiger partial charge in [-0.05, 0) is 28.2 Å². The summed E-state index contributed by atoms with van der Waals surface area (Å²) in [5.74, 6) is -2.40. The van der Waals surface area contributed by atoms with Crippen LogP contribution in [0.25, 0.3) is 11.1 Å². The molecule has 186 valence electrons. The molecule has 2 aromatic rings. The van der Waals surface area contributed by atoms with Crippen molar-refractivity contribution in [3.8, 4) is 11.1 Å². The molecule has 1 heterocycles. The number of nitrogens with zero attached hydrogens (tertiary/aromatic N) is 1. The molecule has 0 aromatic heterocycles. The van der Waals surface area contributed by atoms with Gasteiger partial charge in [0.05, 0.1) is 19.3 Å². The third-order valence-corrected chi connectivity index (χ3v) is 7.31. The second-order valence-electron chi connectivity index (χ2n) is 9.33. The van der Waals surface area contributed by atoms with Crippen LogP contribution in [-0.2, 0) is 19.1 Å². The Morgan fingerprint density at radius 3 is 2.26 bits per heavy atom. The lowest BCUT2D eigenvalue weighted by molar-refractivity contribution is -0.145. The van der Waals surface area contributed by atoms with Gasteiger partial charge in [0, 0.05) is 13.0 Å². The molecular weight excluding hydrogens is 448 g/mol. The molecule has 1 aliphatic heterocycles. The van der Waals surface area contributed by atoms with Crippen LogP contribution in [0.3, 0.4) is 0 Å². The molecule has 4 rings (SSSR count). The highest BCUT2D eigenvalue weighted by atomic mass is 16.5. The zero-order chi connectivity index (χ0) is 25.1. The third kappa shape index (κ3) is 4.89. The van der Waals surface area contributed by atoms with Gasteiger partial charge in [-0.15, -0.1) is 0 Å². The van der Waals surface area contributed by atoms with Gasteiger partial charge in [0.15, 0.2) is 0 Å². The average Bonchev–Trinajstić information content (AvgIpc) is 3.48. The van der Waals surface area contributed by atoms with E-state index in [4.69, 9.17) is 9.47 Å². The molecule has 3 unspecified atom stereocenters. The van der Waals surface area contributed by atoms with Crippen molar-refractivity contribution in [1.82, 2.24) is 10.2 Å². The highest BCUT2D eigenvalue weighted by Gasteiger charge is 2.41. The number of likely N-dealkylation sites (N-methyl/N-ethyl adjacent to an activating group) is 1. The monoisotopic (exact) mass is 480 g/mol. The highest BCUT2D eigenvalue weighted by molar-refractivity contribution is 5.87. The molecule has 0 bridgehead atoms. The van der Waals surface area contributed by atoms with Crippen molar-refractivity contribution in [2.24, 2.45) is 11.8 Å². The SMILES string of the molecule is CCC(C)[C@H](NC(=O)OCC1c2ccccc2-c2ccccc21)C(=O)N(C)C1COCC1C(=O)O. The Balaban J connectivity index is 1.44. The molecule has 2 N–H and O–H groups in total. The summed E-state index contributed by atoms with van der Waals surface area (Å²) in [7, 11) is 1.56. The minimum Gasteiger partial charge on any atom is -0.481 e. The van der Waals surface area contributed by atoms with Crippen LogP contribution in [0.1, 0.15) is 37.3 Å². The van der Waals surface area contributed by atoms with Gasteiger partial charge in [-0.25, -0.2) is 4.79 Å². The molecule has 8 heteroatoms. The number of alkyl carbamates (subject to hydrolysis) is 1. The third-order valence-electron chi connectivity index (χ3n) is 7.31. The fourth-order valence-corrected chi connectivity index (χ4v) is 4.99. The standard InChI is InChI=1S/C27H32N2O6/c1-4-16(2)24(25(30)29(3)23-15-34-13-22(23)26(31)32)28-27(33)35-14-21-19-11-7-5-9-17(19)18-10-6-8-12-20(18)21/h5-12,16,21-24H,4,13-15H2,1-3H3,(H,28,33)(H,31,32)/t16?,22?,23?,24-/m0/s1. The smallest absolute Gasteiger partial charge is 0.407 e. The summed E-state index contributed by atoms with van der Waals surface area (Å²) in [6, 6.07) is 14.7. The van der Waals surface area contributed by atoms with Crippen molar-refractivity contribution in [2.75, 3.05) is 26.9 Å². The second kappa shape index (κ2) is 10.5. The lowest BCUT2D eigenvalue weighted by Gasteiger charge is -2.32. The van der Waals surface area contributed by atoms with Crippen LogP contribution in [0.15, 0.2) is 48.5 Å². The van der Waals surface area contributed by atoms with Gasteiger partial charge in [-0.3, -0.25) is 9.59 Å². The van der Waals surface area contributed by atoms with E-state index < -0.39 is 30.1 Å². The molecule has 35 heavy (non-hydrogen) atoms. The number of carboxylic acids is 1. The fourth-order valence-electron chi connectivity index (χ4n) is 4.99. The number of fused-ring (bicyclic) bond motifs is 3. The predicted molar refractivity (Wildman–Crippen MR) is 130 cm³/mol. The molecule has 8 nitrogen and oxygen atoms in total. The number of nitrogens with one attached hydrogen (secondary N) is 1. The summed E-state index contributed by atoms with van der Waals surface area (Å²) in [6.07, 6.45) is -0.0198. The summed E-state index contributed by atoms with van der Waals surface area (Å²) < 4.78 is 11.0. The van der Waals surface area contributed by atoms with E-state index in [1.165, 1.54) is 4.90 Å². The number of hydrogen-bond donors (Lipinski definition) is 2. The van der Waals surface area contributed by atoms with E-state index in [0.717, 1.165) is 22.3 Å². The number of benzene rings is 2. The lowest BCUT2D eigenvalue weighted by Crippen LogP contribution is -2.55. The number of amides is 2. The number of rotatable bonds is 8. The van der Waals surface area contributed by atoms with Crippen molar-refractivity contribution in [2.45, 2.75) is 38.3 Å². The van der Waals surface area contributed by atoms with Crippen LogP contribution in [0, 0.1) is 11.8 Å². The summed E-state index contributed by atoms with van der Waals surface area (Å²) in [5, 5.41) is 12.2. The second-order valence-corrected chi connectivity index (χ2v) is 9.33. The van der Waals surface area contributed by atoms with Gasteiger partial charge in [-0.1, -0.05) is 68.8 Å². The van der Waals surface area contributed by atoms with Crippen LogP contribution < -0.4 is 5.32 Å². The highest BCUT2D eigenvalue weighted by Crippen LogP contribution is 2.44.